The van der Waals surface area contributed by atoms with Crippen molar-refractivity contribution in [1.29, 1.82) is 0 Å². The summed E-state index contributed by atoms with van der Waals surface area (Å²) in [6, 6.07) is 0. The molecule has 0 amide bonds. The Hall–Kier alpha value is -1.00. The first-order valence-corrected chi connectivity index (χ1v) is 5.79. The minimum absolute atomic E-state index is 0.359. The van der Waals surface area contributed by atoms with Crippen molar-refractivity contribution < 1.29 is 5.11 Å². The predicted octanol–water partition coefficient (Wildman–Crippen LogP) is 2.23. The minimum Gasteiger partial charge on any atom is -0.393 e. The van der Waals surface area contributed by atoms with Crippen molar-refractivity contribution in [2.45, 2.75) is 33.3 Å². The molecule has 0 spiro atoms. The van der Waals surface area contributed by atoms with E-state index >= 15 is 0 Å². The number of aliphatic hydroxyl groups excluding tert-OH is 1. The second kappa shape index (κ2) is 3.87. The highest BCUT2D eigenvalue weighted by Crippen LogP contribution is 2.30. The summed E-state index contributed by atoms with van der Waals surface area (Å²) in [6.07, 6.45) is 1.81. The topological polar surface area (TPSA) is 46.0 Å². The Kier molecular flexibility index (Phi) is 2.71. The molecule has 0 aliphatic heterocycles. The standard InChI is InChI=1S/C11H14N2OS/c1-6(14)4-9-10-7(2)8(3)15-11(10)13-5-12-9/h5-6,14H,4H2,1-3H3. The number of aliphatic hydroxyl groups is 1. The number of thiophene rings is 1. The number of fused-ring (bicyclic) bond motifs is 1. The van der Waals surface area contributed by atoms with Crippen LogP contribution in [-0.4, -0.2) is 21.2 Å². The molecule has 2 aromatic rings. The fourth-order valence-corrected chi connectivity index (χ4v) is 2.71. The molecule has 1 N–H and O–H groups in total. The summed E-state index contributed by atoms with van der Waals surface area (Å²) in [5.41, 5.74) is 2.20. The molecule has 0 radical (unpaired) electrons. The largest absolute Gasteiger partial charge is 0.393 e. The van der Waals surface area contributed by atoms with Gasteiger partial charge in [-0.3, -0.25) is 0 Å². The van der Waals surface area contributed by atoms with Gasteiger partial charge in [-0.1, -0.05) is 0 Å². The van der Waals surface area contributed by atoms with E-state index in [0.29, 0.717) is 6.42 Å². The fourth-order valence-electron chi connectivity index (χ4n) is 1.69. The summed E-state index contributed by atoms with van der Waals surface area (Å²) in [5, 5.41) is 10.5. The predicted molar refractivity (Wildman–Crippen MR) is 62.3 cm³/mol. The molecule has 15 heavy (non-hydrogen) atoms. The van der Waals surface area contributed by atoms with Crippen molar-refractivity contribution in [3.8, 4) is 0 Å². The second-order valence-corrected chi connectivity index (χ2v) is 5.04. The van der Waals surface area contributed by atoms with E-state index in [1.54, 1.807) is 24.6 Å². The molecule has 4 heteroatoms. The Morgan fingerprint density at radius 2 is 2.13 bits per heavy atom. The molecule has 2 aromatic heterocycles. The summed E-state index contributed by atoms with van der Waals surface area (Å²) in [5.74, 6) is 0. The summed E-state index contributed by atoms with van der Waals surface area (Å²) in [6.45, 7) is 5.96. The average Bonchev–Trinajstić information content (AvgIpc) is 2.43. The molecule has 3 nitrogen and oxygen atoms in total. The highest BCUT2D eigenvalue weighted by atomic mass is 32.1. The van der Waals surface area contributed by atoms with Gasteiger partial charge in [-0.15, -0.1) is 11.3 Å². The molecule has 1 atom stereocenters. The summed E-state index contributed by atoms with van der Waals surface area (Å²) < 4.78 is 0. The van der Waals surface area contributed by atoms with Gasteiger partial charge in [0.1, 0.15) is 11.2 Å². The first kappa shape index (κ1) is 10.5. The normalized spacial score (nSPS) is 13.3. The van der Waals surface area contributed by atoms with E-state index in [-0.39, 0.29) is 6.10 Å². The Labute approximate surface area is 92.8 Å². The van der Waals surface area contributed by atoms with Crippen molar-refractivity contribution in [1.82, 2.24) is 9.97 Å². The first-order chi connectivity index (χ1) is 7.09. The van der Waals surface area contributed by atoms with Crippen LogP contribution >= 0.6 is 11.3 Å². The van der Waals surface area contributed by atoms with E-state index in [4.69, 9.17) is 0 Å². The van der Waals surface area contributed by atoms with E-state index in [1.165, 1.54) is 10.4 Å². The van der Waals surface area contributed by atoms with Gasteiger partial charge < -0.3 is 5.11 Å². The summed E-state index contributed by atoms with van der Waals surface area (Å²) >= 11 is 1.69. The number of aryl methyl sites for hydroxylation is 2. The quantitative estimate of drug-likeness (QED) is 0.847. The van der Waals surface area contributed by atoms with Crippen LogP contribution in [0.15, 0.2) is 6.33 Å². The van der Waals surface area contributed by atoms with Gasteiger partial charge in [0.25, 0.3) is 0 Å². The van der Waals surface area contributed by atoms with Crippen LogP contribution in [0.5, 0.6) is 0 Å². The van der Waals surface area contributed by atoms with Gasteiger partial charge in [0.05, 0.1) is 11.8 Å². The maximum absolute atomic E-state index is 9.41. The molecule has 0 saturated heterocycles. The third-order valence-corrected chi connectivity index (χ3v) is 3.65. The van der Waals surface area contributed by atoms with E-state index in [0.717, 1.165) is 15.9 Å². The Morgan fingerprint density at radius 3 is 2.80 bits per heavy atom. The highest BCUT2D eigenvalue weighted by Gasteiger charge is 2.12. The maximum Gasteiger partial charge on any atom is 0.127 e. The molecule has 2 rings (SSSR count). The highest BCUT2D eigenvalue weighted by molar-refractivity contribution is 7.18. The van der Waals surface area contributed by atoms with Crippen molar-refractivity contribution in [2.75, 3.05) is 0 Å². The smallest absolute Gasteiger partial charge is 0.127 e. The van der Waals surface area contributed by atoms with Crippen LogP contribution in [0.3, 0.4) is 0 Å². The third kappa shape index (κ3) is 1.87. The molecule has 1 unspecified atom stereocenters. The number of hydrogen-bond acceptors (Lipinski definition) is 4. The molecular weight excluding hydrogens is 208 g/mol. The number of hydrogen-bond donors (Lipinski definition) is 1. The average molecular weight is 222 g/mol. The molecular formula is C11H14N2OS. The Morgan fingerprint density at radius 1 is 1.40 bits per heavy atom. The molecule has 0 fully saturated rings. The van der Waals surface area contributed by atoms with Crippen molar-refractivity contribution in [3.63, 3.8) is 0 Å². The molecule has 0 aliphatic rings. The molecule has 0 aromatic carbocycles. The zero-order chi connectivity index (χ0) is 11.0. The zero-order valence-corrected chi connectivity index (χ0v) is 9.93. The molecule has 80 valence electrons. The summed E-state index contributed by atoms with van der Waals surface area (Å²) in [7, 11) is 0. The van der Waals surface area contributed by atoms with Crippen LogP contribution in [-0.2, 0) is 6.42 Å². The van der Waals surface area contributed by atoms with Crippen LogP contribution in [0.4, 0.5) is 0 Å². The molecule has 0 bridgehead atoms. The van der Waals surface area contributed by atoms with Gasteiger partial charge in [-0.05, 0) is 26.3 Å². The summed E-state index contributed by atoms with van der Waals surface area (Å²) in [4.78, 5) is 10.8. The first-order valence-electron chi connectivity index (χ1n) is 4.97. The van der Waals surface area contributed by atoms with Gasteiger partial charge in [-0.25, -0.2) is 9.97 Å². The third-order valence-electron chi connectivity index (χ3n) is 2.53. The van der Waals surface area contributed by atoms with E-state index in [9.17, 15) is 5.11 Å². The number of rotatable bonds is 2. The lowest BCUT2D eigenvalue weighted by Crippen LogP contribution is -2.06. The molecule has 0 aliphatic carbocycles. The zero-order valence-electron chi connectivity index (χ0n) is 9.11. The van der Waals surface area contributed by atoms with Crippen LogP contribution in [0.2, 0.25) is 0 Å². The van der Waals surface area contributed by atoms with Crippen LogP contribution in [0.25, 0.3) is 10.2 Å². The fraction of sp³-hybridized carbons (Fsp3) is 0.455. The SMILES string of the molecule is Cc1sc2ncnc(CC(C)O)c2c1C. The Bertz CT molecular complexity index is 491. The van der Waals surface area contributed by atoms with Gasteiger partial charge in [0.2, 0.25) is 0 Å². The van der Waals surface area contributed by atoms with E-state index in [1.807, 2.05) is 0 Å². The van der Waals surface area contributed by atoms with Crippen LogP contribution < -0.4 is 0 Å². The van der Waals surface area contributed by atoms with E-state index in [2.05, 4.69) is 23.8 Å². The van der Waals surface area contributed by atoms with Gasteiger partial charge in [0, 0.05) is 16.7 Å². The van der Waals surface area contributed by atoms with Crippen LogP contribution in [0.1, 0.15) is 23.1 Å². The van der Waals surface area contributed by atoms with E-state index < -0.39 is 0 Å². The van der Waals surface area contributed by atoms with Crippen LogP contribution in [0, 0.1) is 13.8 Å². The second-order valence-electron chi connectivity index (χ2n) is 3.84. The van der Waals surface area contributed by atoms with Gasteiger partial charge >= 0.3 is 0 Å². The lowest BCUT2D eigenvalue weighted by Gasteiger charge is -2.05. The van der Waals surface area contributed by atoms with Crippen molar-refractivity contribution in [3.05, 3.63) is 22.5 Å². The van der Waals surface area contributed by atoms with Gasteiger partial charge in [-0.2, -0.15) is 0 Å². The Balaban J connectivity index is 2.63. The van der Waals surface area contributed by atoms with Crippen molar-refractivity contribution >= 4 is 21.6 Å². The van der Waals surface area contributed by atoms with Crippen molar-refractivity contribution in [2.24, 2.45) is 0 Å². The lowest BCUT2D eigenvalue weighted by atomic mass is 10.1. The molecule has 2 heterocycles. The monoisotopic (exact) mass is 222 g/mol. The molecule has 0 saturated carbocycles. The van der Waals surface area contributed by atoms with Gasteiger partial charge in [0.15, 0.2) is 0 Å². The lowest BCUT2D eigenvalue weighted by molar-refractivity contribution is 0.194. The minimum atomic E-state index is -0.359. The number of nitrogens with zero attached hydrogens (tertiary/aromatic N) is 2. The number of aromatic nitrogens is 2. The maximum atomic E-state index is 9.41.